The van der Waals surface area contributed by atoms with Crippen molar-refractivity contribution >= 4 is 5.97 Å². The Labute approximate surface area is 126 Å². The van der Waals surface area contributed by atoms with Crippen LogP contribution in [0, 0.1) is 0 Å². The molecule has 0 fully saturated rings. The summed E-state index contributed by atoms with van der Waals surface area (Å²) in [6.45, 7) is 3.86. The number of carbonyl (C=O) groups excluding carboxylic acids is 1. The molecule has 116 valence electrons. The summed E-state index contributed by atoms with van der Waals surface area (Å²) in [5.41, 5.74) is 0.936. The fourth-order valence-corrected chi connectivity index (χ4v) is 1.92. The molecule has 1 atom stereocenters. The van der Waals surface area contributed by atoms with Crippen molar-refractivity contribution < 1.29 is 19.4 Å². The van der Waals surface area contributed by atoms with Crippen molar-refractivity contribution in [3.05, 3.63) is 42.5 Å². The maximum absolute atomic E-state index is 11.6. The molecular weight excluding hydrogens is 268 g/mol. The number of hydrogen-bond donors (Lipinski definition) is 1. The Kier molecular flexibility index (Phi) is 8.21. The van der Waals surface area contributed by atoms with Crippen molar-refractivity contribution in [1.29, 1.82) is 0 Å². The summed E-state index contributed by atoms with van der Waals surface area (Å²) in [7, 11) is 1.61. The summed E-state index contributed by atoms with van der Waals surface area (Å²) in [5, 5.41) is 9.51. The SMILES string of the molecule is C=CCC(O)CCCCC(=O)OCc1ccc(OC)cc1. The van der Waals surface area contributed by atoms with Crippen molar-refractivity contribution in [3.63, 3.8) is 0 Å². The standard InChI is InChI=1S/C17H24O4/c1-3-6-15(18)7-4-5-8-17(19)21-13-14-9-11-16(20-2)12-10-14/h3,9-12,15,18H,1,4-8,13H2,2H3. The molecule has 21 heavy (non-hydrogen) atoms. The summed E-state index contributed by atoms with van der Waals surface area (Å²) in [5.74, 6) is 0.576. The predicted molar refractivity (Wildman–Crippen MR) is 82.1 cm³/mol. The van der Waals surface area contributed by atoms with Crippen molar-refractivity contribution in [1.82, 2.24) is 0 Å². The van der Waals surface area contributed by atoms with Crippen LogP contribution < -0.4 is 4.74 Å². The van der Waals surface area contributed by atoms with Gasteiger partial charge in [-0.1, -0.05) is 24.6 Å². The first-order valence-corrected chi connectivity index (χ1v) is 7.23. The van der Waals surface area contributed by atoms with Crippen LogP contribution in [0.1, 0.15) is 37.7 Å². The van der Waals surface area contributed by atoms with Crippen LogP contribution in [-0.4, -0.2) is 24.3 Å². The summed E-state index contributed by atoms with van der Waals surface area (Å²) < 4.78 is 10.3. The predicted octanol–water partition coefficient (Wildman–Crippen LogP) is 3.24. The van der Waals surface area contributed by atoms with Crippen LogP contribution in [-0.2, 0) is 16.1 Å². The van der Waals surface area contributed by atoms with Crippen LogP contribution in [0.25, 0.3) is 0 Å². The largest absolute Gasteiger partial charge is 0.497 e. The number of aliphatic hydroxyl groups excluding tert-OH is 1. The summed E-state index contributed by atoms with van der Waals surface area (Å²) in [6.07, 6.45) is 4.57. The van der Waals surface area contributed by atoms with Crippen molar-refractivity contribution in [2.75, 3.05) is 7.11 Å². The number of carbonyl (C=O) groups is 1. The first kappa shape index (κ1) is 17.2. The Hall–Kier alpha value is -1.81. The molecule has 0 spiro atoms. The van der Waals surface area contributed by atoms with Gasteiger partial charge in [0.15, 0.2) is 0 Å². The topological polar surface area (TPSA) is 55.8 Å². The van der Waals surface area contributed by atoms with Crippen molar-refractivity contribution in [2.24, 2.45) is 0 Å². The highest BCUT2D eigenvalue weighted by molar-refractivity contribution is 5.69. The van der Waals surface area contributed by atoms with Gasteiger partial charge in [0.1, 0.15) is 12.4 Å². The third kappa shape index (κ3) is 7.51. The van der Waals surface area contributed by atoms with Gasteiger partial charge >= 0.3 is 5.97 Å². The molecule has 1 rings (SSSR count). The Bertz CT molecular complexity index is 425. The molecule has 0 bridgehead atoms. The van der Waals surface area contributed by atoms with Gasteiger partial charge in [0.2, 0.25) is 0 Å². The molecule has 0 aliphatic rings. The number of hydrogen-bond acceptors (Lipinski definition) is 4. The van der Waals surface area contributed by atoms with Crippen LogP contribution in [0.2, 0.25) is 0 Å². The van der Waals surface area contributed by atoms with E-state index >= 15 is 0 Å². The van der Waals surface area contributed by atoms with Crippen molar-refractivity contribution in [2.45, 2.75) is 44.8 Å². The number of benzene rings is 1. The molecule has 4 heteroatoms. The van der Waals surface area contributed by atoms with Gasteiger partial charge < -0.3 is 14.6 Å². The van der Waals surface area contributed by atoms with E-state index in [1.54, 1.807) is 13.2 Å². The molecule has 1 N–H and O–H groups in total. The van der Waals surface area contributed by atoms with Crippen LogP contribution in [0.4, 0.5) is 0 Å². The van der Waals surface area contributed by atoms with E-state index in [0.29, 0.717) is 19.3 Å². The van der Waals surface area contributed by atoms with Crippen LogP contribution in [0.3, 0.4) is 0 Å². The lowest BCUT2D eigenvalue weighted by Gasteiger charge is -2.08. The van der Waals surface area contributed by atoms with Gasteiger partial charge in [-0.3, -0.25) is 4.79 Å². The number of esters is 1. The molecule has 1 aromatic carbocycles. The minimum Gasteiger partial charge on any atom is -0.497 e. The first-order chi connectivity index (χ1) is 10.2. The summed E-state index contributed by atoms with van der Waals surface area (Å²) in [6, 6.07) is 7.42. The quantitative estimate of drug-likeness (QED) is 0.408. The molecule has 0 aliphatic heterocycles. The highest BCUT2D eigenvalue weighted by Crippen LogP contribution is 2.13. The molecule has 0 saturated carbocycles. The van der Waals surface area contributed by atoms with E-state index < -0.39 is 0 Å². The minimum atomic E-state index is -0.349. The Morgan fingerprint density at radius 3 is 2.67 bits per heavy atom. The Balaban J connectivity index is 2.14. The number of unbranched alkanes of at least 4 members (excludes halogenated alkanes) is 1. The molecule has 0 amide bonds. The second-order valence-electron chi connectivity index (χ2n) is 4.93. The maximum Gasteiger partial charge on any atom is 0.306 e. The summed E-state index contributed by atoms with van der Waals surface area (Å²) >= 11 is 0. The second kappa shape index (κ2) is 10.00. The van der Waals surface area contributed by atoms with E-state index in [4.69, 9.17) is 9.47 Å². The molecule has 0 aliphatic carbocycles. The zero-order valence-electron chi connectivity index (χ0n) is 12.6. The first-order valence-electron chi connectivity index (χ1n) is 7.23. The van der Waals surface area contributed by atoms with Crippen LogP contribution in [0.15, 0.2) is 36.9 Å². The highest BCUT2D eigenvalue weighted by atomic mass is 16.5. The van der Waals surface area contributed by atoms with E-state index in [2.05, 4.69) is 6.58 Å². The monoisotopic (exact) mass is 292 g/mol. The van der Waals surface area contributed by atoms with Crippen LogP contribution in [0.5, 0.6) is 5.75 Å². The third-order valence-corrected chi connectivity index (χ3v) is 3.17. The number of methoxy groups -OCH3 is 1. The highest BCUT2D eigenvalue weighted by Gasteiger charge is 2.06. The average Bonchev–Trinajstić information content (AvgIpc) is 2.50. The van der Waals surface area contributed by atoms with E-state index in [1.165, 1.54) is 0 Å². The Morgan fingerprint density at radius 1 is 1.33 bits per heavy atom. The van der Waals surface area contributed by atoms with Crippen LogP contribution >= 0.6 is 0 Å². The lowest BCUT2D eigenvalue weighted by Crippen LogP contribution is -2.07. The van der Waals surface area contributed by atoms with Gasteiger partial charge in [0.25, 0.3) is 0 Å². The third-order valence-electron chi connectivity index (χ3n) is 3.17. The van der Waals surface area contributed by atoms with E-state index in [0.717, 1.165) is 24.2 Å². The van der Waals surface area contributed by atoms with Crippen molar-refractivity contribution in [3.8, 4) is 5.75 Å². The smallest absolute Gasteiger partial charge is 0.306 e. The molecule has 0 aromatic heterocycles. The molecule has 0 radical (unpaired) electrons. The lowest BCUT2D eigenvalue weighted by atomic mass is 10.1. The maximum atomic E-state index is 11.6. The van der Waals surface area contributed by atoms with Gasteiger partial charge in [0, 0.05) is 6.42 Å². The fraction of sp³-hybridized carbons (Fsp3) is 0.471. The zero-order valence-corrected chi connectivity index (χ0v) is 12.6. The van der Waals surface area contributed by atoms with Gasteiger partial charge in [-0.25, -0.2) is 0 Å². The Morgan fingerprint density at radius 2 is 2.05 bits per heavy atom. The van der Waals surface area contributed by atoms with E-state index in [-0.39, 0.29) is 18.7 Å². The van der Waals surface area contributed by atoms with E-state index in [1.807, 2.05) is 24.3 Å². The fourth-order valence-electron chi connectivity index (χ4n) is 1.92. The minimum absolute atomic E-state index is 0.205. The molecule has 1 aromatic rings. The van der Waals surface area contributed by atoms with Gasteiger partial charge in [-0.2, -0.15) is 0 Å². The van der Waals surface area contributed by atoms with Gasteiger partial charge in [0.05, 0.1) is 13.2 Å². The van der Waals surface area contributed by atoms with Gasteiger partial charge in [-0.05, 0) is 37.0 Å². The van der Waals surface area contributed by atoms with Gasteiger partial charge in [-0.15, -0.1) is 6.58 Å². The molecule has 0 heterocycles. The number of rotatable bonds is 10. The molecule has 1 unspecified atom stereocenters. The normalized spacial score (nSPS) is 11.7. The van der Waals surface area contributed by atoms with E-state index in [9.17, 15) is 9.90 Å². The zero-order chi connectivity index (χ0) is 15.5. The average molecular weight is 292 g/mol. The number of aliphatic hydroxyl groups is 1. The number of ether oxygens (including phenoxy) is 2. The summed E-state index contributed by atoms with van der Waals surface area (Å²) in [4.78, 5) is 11.6. The molecule has 0 saturated heterocycles. The molecular formula is C17H24O4. The lowest BCUT2D eigenvalue weighted by molar-refractivity contribution is -0.145. The molecule has 4 nitrogen and oxygen atoms in total. The second-order valence-corrected chi connectivity index (χ2v) is 4.93.